The van der Waals surface area contributed by atoms with Gasteiger partial charge in [-0.15, -0.1) is 0 Å². The van der Waals surface area contributed by atoms with Gasteiger partial charge in [-0.3, -0.25) is 4.79 Å². The number of carboxylic acids is 1. The van der Waals surface area contributed by atoms with E-state index >= 15 is 0 Å². The largest absolute Gasteiger partial charge is 0.481 e. The Morgan fingerprint density at radius 3 is 1.64 bits per heavy atom. The van der Waals surface area contributed by atoms with Crippen LogP contribution in [0.15, 0.2) is 36.4 Å². The number of carbonyl (C=O) groups is 1. The van der Waals surface area contributed by atoms with E-state index in [1.807, 2.05) is 24.3 Å². The summed E-state index contributed by atoms with van der Waals surface area (Å²) in [6, 6.07) is 12.2. The van der Waals surface area contributed by atoms with Crippen LogP contribution in [-0.4, -0.2) is 11.1 Å². The van der Waals surface area contributed by atoms with Gasteiger partial charge in [-0.1, -0.05) is 36.4 Å². The first-order valence-electron chi connectivity index (χ1n) is 7.73. The van der Waals surface area contributed by atoms with Crippen molar-refractivity contribution in [2.24, 2.45) is 5.92 Å². The van der Waals surface area contributed by atoms with Crippen LogP contribution in [0.3, 0.4) is 0 Å². The van der Waals surface area contributed by atoms with Crippen molar-refractivity contribution in [2.75, 3.05) is 0 Å². The van der Waals surface area contributed by atoms with Crippen LogP contribution in [0.5, 0.6) is 0 Å². The maximum absolute atomic E-state index is 11.7. The van der Waals surface area contributed by atoms with Crippen molar-refractivity contribution in [2.45, 2.75) is 40.5 Å². The lowest BCUT2D eigenvalue weighted by Gasteiger charge is -2.17. The first-order valence-corrected chi connectivity index (χ1v) is 7.73. The second-order valence-corrected chi connectivity index (χ2v) is 6.16. The topological polar surface area (TPSA) is 37.3 Å². The standard InChI is InChI=1S/C20H24O2/c1-13-7-5-9-17(15(13)3)11-19(20(21)22)12-18-10-6-8-14(2)16(18)4/h5-10,19H,11-12H2,1-4H3,(H,21,22). The molecule has 0 saturated heterocycles. The van der Waals surface area contributed by atoms with E-state index < -0.39 is 5.97 Å². The van der Waals surface area contributed by atoms with E-state index in [4.69, 9.17) is 0 Å². The number of aryl methyl sites for hydroxylation is 2. The Morgan fingerprint density at radius 2 is 1.27 bits per heavy atom. The zero-order valence-corrected chi connectivity index (χ0v) is 13.8. The Hall–Kier alpha value is -2.09. The molecule has 2 aromatic carbocycles. The van der Waals surface area contributed by atoms with Gasteiger partial charge in [-0.25, -0.2) is 0 Å². The predicted octanol–water partition coefficient (Wildman–Crippen LogP) is 4.41. The van der Waals surface area contributed by atoms with Gasteiger partial charge in [0, 0.05) is 0 Å². The third-order valence-corrected chi connectivity index (χ3v) is 4.72. The van der Waals surface area contributed by atoms with Crippen LogP contribution in [0.2, 0.25) is 0 Å². The zero-order valence-electron chi connectivity index (χ0n) is 13.8. The van der Waals surface area contributed by atoms with Gasteiger partial charge in [0.2, 0.25) is 0 Å². The average Bonchev–Trinajstić information content (AvgIpc) is 2.47. The molecule has 0 saturated carbocycles. The molecule has 2 nitrogen and oxygen atoms in total. The van der Waals surface area contributed by atoms with Crippen LogP contribution >= 0.6 is 0 Å². The monoisotopic (exact) mass is 296 g/mol. The third-order valence-electron chi connectivity index (χ3n) is 4.72. The lowest BCUT2D eigenvalue weighted by atomic mass is 9.88. The Labute approximate surface area is 132 Å². The van der Waals surface area contributed by atoms with Crippen LogP contribution in [0.1, 0.15) is 33.4 Å². The predicted molar refractivity (Wildman–Crippen MR) is 90.4 cm³/mol. The third kappa shape index (κ3) is 3.56. The summed E-state index contributed by atoms with van der Waals surface area (Å²) < 4.78 is 0. The van der Waals surface area contributed by atoms with Crippen LogP contribution in [0, 0.1) is 33.6 Å². The summed E-state index contributed by atoms with van der Waals surface area (Å²) in [5.74, 6) is -1.11. The molecule has 0 aliphatic rings. The van der Waals surface area contributed by atoms with Crippen molar-refractivity contribution >= 4 is 5.97 Å². The van der Waals surface area contributed by atoms with Gasteiger partial charge in [0.05, 0.1) is 5.92 Å². The number of hydrogen-bond acceptors (Lipinski definition) is 1. The van der Waals surface area contributed by atoms with Crippen LogP contribution in [0.25, 0.3) is 0 Å². The summed E-state index contributed by atoms with van der Waals surface area (Å²) in [7, 11) is 0. The first kappa shape index (κ1) is 16.3. The van der Waals surface area contributed by atoms with Gasteiger partial charge in [-0.2, -0.15) is 0 Å². The molecule has 0 aromatic heterocycles. The Balaban J connectivity index is 2.26. The fourth-order valence-electron chi connectivity index (χ4n) is 2.84. The molecule has 0 unspecified atom stereocenters. The quantitative estimate of drug-likeness (QED) is 0.887. The molecule has 116 valence electrons. The van der Waals surface area contributed by atoms with Gasteiger partial charge >= 0.3 is 5.97 Å². The Kier molecular flexibility index (Phi) is 5.02. The summed E-state index contributed by atoms with van der Waals surface area (Å²) in [4.78, 5) is 11.7. The average molecular weight is 296 g/mol. The van der Waals surface area contributed by atoms with Gasteiger partial charge in [-0.05, 0) is 73.9 Å². The fourth-order valence-corrected chi connectivity index (χ4v) is 2.84. The molecule has 0 radical (unpaired) electrons. The summed E-state index contributed by atoms with van der Waals surface area (Å²) >= 11 is 0. The number of aliphatic carboxylic acids is 1. The molecule has 0 aliphatic heterocycles. The normalized spacial score (nSPS) is 11.0. The minimum Gasteiger partial charge on any atom is -0.481 e. The van der Waals surface area contributed by atoms with E-state index in [1.165, 1.54) is 22.3 Å². The summed E-state index contributed by atoms with van der Waals surface area (Å²) in [6.45, 7) is 8.28. The lowest BCUT2D eigenvalue weighted by molar-refractivity contribution is -0.141. The van der Waals surface area contributed by atoms with Crippen molar-refractivity contribution in [1.82, 2.24) is 0 Å². The number of rotatable bonds is 5. The van der Waals surface area contributed by atoms with Gasteiger partial charge in [0.1, 0.15) is 0 Å². The molecule has 2 aromatic rings. The number of benzene rings is 2. The molecule has 0 heterocycles. The van der Waals surface area contributed by atoms with Gasteiger partial charge in [0.15, 0.2) is 0 Å². The zero-order chi connectivity index (χ0) is 16.3. The summed E-state index contributed by atoms with van der Waals surface area (Å²) in [6.07, 6.45) is 1.16. The van der Waals surface area contributed by atoms with E-state index in [-0.39, 0.29) is 5.92 Å². The first-order chi connectivity index (χ1) is 10.4. The van der Waals surface area contributed by atoms with Crippen molar-refractivity contribution < 1.29 is 9.90 Å². The van der Waals surface area contributed by atoms with Crippen LogP contribution < -0.4 is 0 Å². The lowest BCUT2D eigenvalue weighted by Crippen LogP contribution is -2.20. The minimum atomic E-state index is -0.721. The SMILES string of the molecule is Cc1cccc(CC(Cc2cccc(C)c2C)C(=O)O)c1C. The molecule has 2 heteroatoms. The maximum atomic E-state index is 11.7. The molecular formula is C20H24O2. The highest BCUT2D eigenvalue weighted by Crippen LogP contribution is 2.22. The van der Waals surface area contributed by atoms with Crippen molar-refractivity contribution in [1.29, 1.82) is 0 Å². The highest BCUT2D eigenvalue weighted by Gasteiger charge is 2.20. The Morgan fingerprint density at radius 1 is 0.864 bits per heavy atom. The summed E-state index contributed by atoms with van der Waals surface area (Å²) in [5.41, 5.74) is 7.11. The molecule has 1 N–H and O–H groups in total. The molecule has 0 spiro atoms. The molecular weight excluding hydrogens is 272 g/mol. The van der Waals surface area contributed by atoms with E-state index in [1.54, 1.807) is 0 Å². The highest BCUT2D eigenvalue weighted by molar-refractivity contribution is 5.71. The van der Waals surface area contributed by atoms with E-state index in [0.717, 1.165) is 11.1 Å². The second-order valence-electron chi connectivity index (χ2n) is 6.16. The van der Waals surface area contributed by atoms with Crippen LogP contribution in [-0.2, 0) is 17.6 Å². The fraction of sp³-hybridized carbons (Fsp3) is 0.350. The van der Waals surface area contributed by atoms with Gasteiger partial charge < -0.3 is 5.11 Å². The van der Waals surface area contributed by atoms with E-state index in [2.05, 4.69) is 39.8 Å². The smallest absolute Gasteiger partial charge is 0.307 e. The molecule has 22 heavy (non-hydrogen) atoms. The molecule has 0 amide bonds. The van der Waals surface area contributed by atoms with Crippen molar-refractivity contribution in [3.63, 3.8) is 0 Å². The molecule has 0 bridgehead atoms. The number of carboxylic acid groups (broad SMARTS) is 1. The molecule has 0 fully saturated rings. The van der Waals surface area contributed by atoms with Crippen LogP contribution in [0.4, 0.5) is 0 Å². The highest BCUT2D eigenvalue weighted by atomic mass is 16.4. The van der Waals surface area contributed by atoms with E-state index in [9.17, 15) is 9.90 Å². The maximum Gasteiger partial charge on any atom is 0.307 e. The minimum absolute atomic E-state index is 0.388. The molecule has 2 rings (SSSR count). The molecule has 0 aliphatic carbocycles. The number of hydrogen-bond donors (Lipinski definition) is 1. The molecule has 0 atom stereocenters. The summed E-state index contributed by atoms with van der Waals surface area (Å²) in [5, 5.41) is 9.62. The van der Waals surface area contributed by atoms with E-state index in [0.29, 0.717) is 12.8 Å². The van der Waals surface area contributed by atoms with Crippen molar-refractivity contribution in [3.8, 4) is 0 Å². The van der Waals surface area contributed by atoms with Gasteiger partial charge in [0.25, 0.3) is 0 Å². The second kappa shape index (κ2) is 6.78. The van der Waals surface area contributed by atoms with Crippen molar-refractivity contribution in [3.05, 3.63) is 69.8 Å². The Bertz CT molecular complexity index is 633.